The fourth-order valence-electron chi connectivity index (χ4n) is 2.18. The molecule has 0 saturated carbocycles. The molecule has 0 nitrogen and oxygen atoms in total. The SMILES string of the molecule is [CH3][Pd].c1ccc(P(c2ccccc2)c2ccccc2)cc1. The topological polar surface area (TPSA) is 0 Å². The molecule has 3 rings (SSSR count). The van der Waals surface area contributed by atoms with Crippen LogP contribution in [0.3, 0.4) is 0 Å². The van der Waals surface area contributed by atoms with E-state index in [-0.39, 0.29) is 0 Å². The molecule has 0 radical (unpaired) electrons. The minimum Gasteiger partial charge on any atom is -0.0622 e. The summed E-state index contributed by atoms with van der Waals surface area (Å²) in [5, 5.41) is 6.04. The van der Waals surface area contributed by atoms with Crippen LogP contribution in [0.2, 0.25) is 5.40 Å². The maximum atomic E-state index is 2.75. The number of rotatable bonds is 3. The van der Waals surface area contributed by atoms with Crippen LogP contribution in [0, 0.1) is 0 Å². The first kappa shape index (κ1) is 16.1. The smallest absolute Gasteiger partial charge is 0.0134 e. The van der Waals surface area contributed by atoms with Crippen LogP contribution in [0.1, 0.15) is 0 Å². The molecule has 0 aliphatic heterocycles. The van der Waals surface area contributed by atoms with Gasteiger partial charge in [-0.25, -0.2) is 0 Å². The van der Waals surface area contributed by atoms with E-state index in [1.54, 1.807) is 0 Å². The van der Waals surface area contributed by atoms with Crippen molar-refractivity contribution in [2.45, 2.75) is 5.40 Å². The Morgan fingerprint density at radius 3 is 0.952 bits per heavy atom. The third kappa shape index (κ3) is 4.36. The third-order valence-corrected chi connectivity index (χ3v) is 5.49. The molecule has 0 aliphatic carbocycles. The van der Waals surface area contributed by atoms with E-state index < -0.39 is 7.92 Å². The van der Waals surface area contributed by atoms with Crippen molar-refractivity contribution in [1.82, 2.24) is 0 Å². The zero-order valence-corrected chi connectivity index (χ0v) is 14.4. The largest absolute Gasteiger partial charge is 0.0622 e. The van der Waals surface area contributed by atoms with Crippen LogP contribution in [-0.4, -0.2) is 0 Å². The fraction of sp³-hybridized carbons (Fsp3) is 0.0526. The van der Waals surface area contributed by atoms with Gasteiger partial charge < -0.3 is 0 Å². The van der Waals surface area contributed by atoms with Gasteiger partial charge in [0.2, 0.25) is 0 Å². The molecular formula is C19H18PPd. The molecule has 109 valence electrons. The van der Waals surface area contributed by atoms with E-state index >= 15 is 0 Å². The van der Waals surface area contributed by atoms with Crippen LogP contribution in [0.25, 0.3) is 0 Å². The molecule has 0 amide bonds. The molecular weight excluding hydrogens is 366 g/mol. The van der Waals surface area contributed by atoms with Gasteiger partial charge in [-0.15, -0.1) is 0 Å². The Morgan fingerprint density at radius 2 is 0.714 bits per heavy atom. The fourth-order valence-corrected chi connectivity index (χ4v) is 4.48. The van der Waals surface area contributed by atoms with Crippen molar-refractivity contribution in [1.29, 1.82) is 0 Å². The Kier molecular flexibility index (Phi) is 6.84. The van der Waals surface area contributed by atoms with Crippen LogP contribution in [-0.2, 0) is 19.2 Å². The quantitative estimate of drug-likeness (QED) is 0.473. The van der Waals surface area contributed by atoms with Gasteiger partial charge in [0.15, 0.2) is 0 Å². The third-order valence-electron chi connectivity index (χ3n) is 3.04. The molecule has 0 fully saturated rings. The van der Waals surface area contributed by atoms with Gasteiger partial charge >= 0.3 is 24.6 Å². The number of hydrogen-bond donors (Lipinski definition) is 0. The zero-order valence-electron chi connectivity index (χ0n) is 11.9. The first-order chi connectivity index (χ1) is 10.4. The average Bonchev–Trinajstić information content (AvgIpc) is 2.60. The molecule has 0 N–H and O–H groups in total. The molecule has 3 aromatic rings. The minimum atomic E-state index is -0.446. The van der Waals surface area contributed by atoms with Gasteiger partial charge in [0.1, 0.15) is 0 Å². The number of benzene rings is 3. The summed E-state index contributed by atoms with van der Waals surface area (Å²) >= 11 is 2.75. The molecule has 0 atom stereocenters. The van der Waals surface area contributed by atoms with Crippen molar-refractivity contribution in [2.75, 3.05) is 0 Å². The molecule has 0 unspecified atom stereocenters. The van der Waals surface area contributed by atoms with Crippen molar-refractivity contribution in [3.63, 3.8) is 0 Å². The first-order valence-corrected chi connectivity index (χ1v) is 9.62. The standard InChI is InChI=1S/C18H15P.CH3.Pd/c1-4-10-16(11-5-1)19(17-12-6-2-7-13-17)18-14-8-3-9-15-18;;/h1-15H;1H3;. The van der Waals surface area contributed by atoms with Gasteiger partial charge in [0.05, 0.1) is 0 Å². The van der Waals surface area contributed by atoms with E-state index in [1.807, 2.05) is 5.40 Å². The molecule has 0 aliphatic rings. The Balaban J connectivity index is 0.000000774. The molecule has 0 saturated heterocycles. The Morgan fingerprint density at radius 1 is 0.476 bits per heavy atom. The molecule has 0 spiro atoms. The van der Waals surface area contributed by atoms with Crippen molar-refractivity contribution in [3.8, 4) is 0 Å². The summed E-state index contributed by atoms with van der Waals surface area (Å²) in [6.45, 7) is 0. The van der Waals surface area contributed by atoms with Gasteiger partial charge in [0, 0.05) is 0 Å². The van der Waals surface area contributed by atoms with E-state index in [2.05, 4.69) is 110 Å². The summed E-state index contributed by atoms with van der Waals surface area (Å²) in [7, 11) is -0.446. The molecule has 0 bridgehead atoms. The monoisotopic (exact) mass is 383 g/mol. The molecule has 21 heavy (non-hydrogen) atoms. The average molecular weight is 384 g/mol. The van der Waals surface area contributed by atoms with Gasteiger partial charge in [-0.05, 0) is 23.8 Å². The minimum absolute atomic E-state index is 0.446. The molecule has 2 heteroatoms. The first-order valence-electron chi connectivity index (χ1n) is 6.72. The Bertz CT molecular complexity index is 530. The van der Waals surface area contributed by atoms with Crippen LogP contribution >= 0.6 is 7.92 Å². The predicted octanol–water partition coefficient (Wildman–Crippen LogP) is 4.03. The van der Waals surface area contributed by atoms with Crippen molar-refractivity contribution in [3.05, 3.63) is 91.0 Å². The number of hydrogen-bond acceptors (Lipinski definition) is 0. The van der Waals surface area contributed by atoms with Gasteiger partial charge in [-0.1, -0.05) is 91.0 Å². The van der Waals surface area contributed by atoms with E-state index in [9.17, 15) is 0 Å². The summed E-state index contributed by atoms with van der Waals surface area (Å²) < 4.78 is 0. The van der Waals surface area contributed by atoms with Crippen LogP contribution in [0.15, 0.2) is 91.0 Å². The Hall–Kier alpha value is -1.25. The van der Waals surface area contributed by atoms with Crippen molar-refractivity contribution >= 4 is 23.8 Å². The summed E-state index contributed by atoms with van der Waals surface area (Å²) in [5.74, 6) is 0. The van der Waals surface area contributed by atoms with E-state index in [4.69, 9.17) is 0 Å². The Labute approximate surface area is 139 Å². The van der Waals surface area contributed by atoms with E-state index in [0.717, 1.165) is 0 Å². The second-order valence-electron chi connectivity index (χ2n) is 4.34. The molecule has 0 heterocycles. The van der Waals surface area contributed by atoms with Crippen molar-refractivity contribution in [2.24, 2.45) is 0 Å². The summed E-state index contributed by atoms with van der Waals surface area (Å²) in [6, 6.07) is 32.3. The summed E-state index contributed by atoms with van der Waals surface area (Å²) in [4.78, 5) is 0. The van der Waals surface area contributed by atoms with Crippen LogP contribution < -0.4 is 15.9 Å². The van der Waals surface area contributed by atoms with E-state index in [1.165, 1.54) is 15.9 Å². The molecule has 3 aromatic carbocycles. The second kappa shape index (κ2) is 8.91. The van der Waals surface area contributed by atoms with Gasteiger partial charge in [-0.3, -0.25) is 0 Å². The second-order valence-corrected chi connectivity index (χ2v) is 6.56. The molecule has 0 aromatic heterocycles. The predicted molar refractivity (Wildman–Crippen MR) is 91.0 cm³/mol. The maximum Gasteiger partial charge on any atom is -0.0134 e. The van der Waals surface area contributed by atoms with Crippen molar-refractivity contribution < 1.29 is 19.2 Å². The van der Waals surface area contributed by atoms with Crippen LogP contribution in [0.5, 0.6) is 0 Å². The van der Waals surface area contributed by atoms with E-state index in [0.29, 0.717) is 0 Å². The summed E-state index contributed by atoms with van der Waals surface area (Å²) in [6.07, 6.45) is 0. The van der Waals surface area contributed by atoms with Gasteiger partial charge in [-0.2, -0.15) is 0 Å². The maximum absolute atomic E-state index is 2.75. The normalized spacial score (nSPS) is 9.90. The van der Waals surface area contributed by atoms with Crippen LogP contribution in [0.4, 0.5) is 0 Å². The summed E-state index contributed by atoms with van der Waals surface area (Å²) in [5.41, 5.74) is 0. The van der Waals surface area contributed by atoms with Gasteiger partial charge in [0.25, 0.3) is 0 Å². The zero-order chi connectivity index (χ0) is 14.9.